The van der Waals surface area contributed by atoms with E-state index in [0.29, 0.717) is 0 Å². The summed E-state index contributed by atoms with van der Waals surface area (Å²) in [7, 11) is 0. The average molecular weight is 172 g/mol. The lowest BCUT2D eigenvalue weighted by molar-refractivity contribution is -1.02. The number of quaternary nitrogens is 1. The Morgan fingerprint density at radius 2 is 1.50 bits per heavy atom. The molecule has 0 aromatic rings. The summed E-state index contributed by atoms with van der Waals surface area (Å²) in [6.45, 7) is 11.9. The Labute approximate surface area is 75.5 Å². The standard InChI is InChI=1S/C9H20N2O/c1-5-10(9-12)11(6-2,7-3)8-4/h5-8H2,1-4H3/q+1. The molecule has 0 aromatic heterocycles. The predicted octanol–water partition coefficient (Wildman–Crippen LogP) is 1.17. The molecular formula is C9H20N2O+. The molecule has 0 atom stereocenters. The summed E-state index contributed by atoms with van der Waals surface area (Å²) in [5, 5.41) is 1.74. The van der Waals surface area contributed by atoms with Gasteiger partial charge in [-0.15, -0.1) is 0 Å². The molecule has 3 heteroatoms. The number of hydrogen-bond acceptors (Lipinski definition) is 1. The Kier molecular flexibility index (Phi) is 4.90. The summed E-state index contributed by atoms with van der Waals surface area (Å²) in [6.07, 6.45) is 2.00. The Hall–Kier alpha value is -0.570. The maximum Gasteiger partial charge on any atom is 0.361 e. The van der Waals surface area contributed by atoms with Crippen LogP contribution in [0, 0.1) is 0 Å². The van der Waals surface area contributed by atoms with E-state index in [1.54, 1.807) is 5.01 Å². The third kappa shape index (κ3) is 1.97. The van der Waals surface area contributed by atoms with Crippen molar-refractivity contribution in [1.82, 2.24) is 5.01 Å². The van der Waals surface area contributed by atoms with E-state index in [4.69, 9.17) is 0 Å². The summed E-state index contributed by atoms with van der Waals surface area (Å²) in [5.74, 6) is 0. The zero-order valence-corrected chi connectivity index (χ0v) is 8.63. The molecule has 0 heterocycles. The SMILES string of the molecule is CCN([C]=O)[N+](CC)(CC)CC. The van der Waals surface area contributed by atoms with Gasteiger partial charge >= 0.3 is 6.41 Å². The normalized spacial score (nSPS) is 11.3. The quantitative estimate of drug-likeness (QED) is 0.334. The van der Waals surface area contributed by atoms with Gasteiger partial charge in [-0.2, -0.15) is 5.01 Å². The molecule has 3 nitrogen and oxygen atoms in total. The highest BCUT2D eigenvalue weighted by Crippen LogP contribution is 2.09. The second kappa shape index (κ2) is 5.14. The summed E-state index contributed by atoms with van der Waals surface area (Å²) in [5.41, 5.74) is 0. The van der Waals surface area contributed by atoms with Gasteiger partial charge in [0.25, 0.3) is 0 Å². The van der Waals surface area contributed by atoms with Gasteiger partial charge in [-0.05, 0) is 27.7 Å². The van der Waals surface area contributed by atoms with Crippen molar-refractivity contribution >= 4 is 6.41 Å². The summed E-state index contributed by atoms with van der Waals surface area (Å²) in [6, 6.07) is 0. The van der Waals surface area contributed by atoms with E-state index in [1.165, 1.54) is 0 Å². The minimum absolute atomic E-state index is 0.722. The Morgan fingerprint density at radius 3 is 1.58 bits per heavy atom. The number of nitrogens with zero attached hydrogens (tertiary/aromatic N) is 2. The van der Waals surface area contributed by atoms with Gasteiger partial charge in [0, 0.05) is 0 Å². The topological polar surface area (TPSA) is 20.3 Å². The van der Waals surface area contributed by atoms with E-state index in [-0.39, 0.29) is 0 Å². The molecule has 0 aromatic carbocycles. The molecule has 71 valence electrons. The van der Waals surface area contributed by atoms with E-state index < -0.39 is 0 Å². The highest BCUT2D eigenvalue weighted by atomic mass is 16.2. The van der Waals surface area contributed by atoms with Crippen LogP contribution in [0.2, 0.25) is 0 Å². The monoisotopic (exact) mass is 172 g/mol. The maximum absolute atomic E-state index is 10.6. The van der Waals surface area contributed by atoms with Gasteiger partial charge < -0.3 is 0 Å². The number of amides is 1. The Bertz CT molecular complexity index is 124. The lowest BCUT2D eigenvalue weighted by atomic mass is 10.4. The van der Waals surface area contributed by atoms with Crippen LogP contribution in [-0.2, 0) is 4.79 Å². The lowest BCUT2D eigenvalue weighted by Crippen LogP contribution is -2.59. The van der Waals surface area contributed by atoms with E-state index in [0.717, 1.165) is 30.8 Å². The smallest absolute Gasteiger partial charge is 0.258 e. The summed E-state index contributed by atoms with van der Waals surface area (Å²) in [4.78, 5) is 10.6. The molecule has 0 N–H and O–H groups in total. The van der Waals surface area contributed by atoms with Crippen LogP contribution in [0.3, 0.4) is 0 Å². The van der Waals surface area contributed by atoms with Crippen LogP contribution in [0.4, 0.5) is 0 Å². The largest absolute Gasteiger partial charge is 0.361 e. The molecule has 0 aliphatic heterocycles. The van der Waals surface area contributed by atoms with Crippen molar-refractivity contribution in [2.45, 2.75) is 27.7 Å². The molecule has 12 heavy (non-hydrogen) atoms. The van der Waals surface area contributed by atoms with Crippen LogP contribution in [-0.4, -0.2) is 42.2 Å². The Morgan fingerprint density at radius 1 is 1.08 bits per heavy atom. The average Bonchev–Trinajstić information content (AvgIpc) is 2.14. The molecule has 1 amide bonds. The first-order valence-corrected chi connectivity index (χ1v) is 4.72. The first-order chi connectivity index (χ1) is 5.70. The maximum atomic E-state index is 10.6. The third-order valence-electron chi connectivity index (χ3n) is 2.68. The molecule has 0 bridgehead atoms. The first-order valence-electron chi connectivity index (χ1n) is 4.72. The van der Waals surface area contributed by atoms with Gasteiger partial charge in [0.2, 0.25) is 0 Å². The molecule has 0 unspecified atom stereocenters. The van der Waals surface area contributed by atoms with Gasteiger partial charge in [-0.25, -0.2) is 4.59 Å². The minimum Gasteiger partial charge on any atom is -0.258 e. The second-order valence-corrected chi connectivity index (χ2v) is 2.85. The van der Waals surface area contributed by atoms with Crippen molar-refractivity contribution < 1.29 is 9.39 Å². The second-order valence-electron chi connectivity index (χ2n) is 2.85. The van der Waals surface area contributed by atoms with Gasteiger partial charge in [0.15, 0.2) is 0 Å². The number of carbonyl (C=O) groups excluding carboxylic acids is 1. The van der Waals surface area contributed by atoms with E-state index in [9.17, 15) is 4.79 Å². The van der Waals surface area contributed by atoms with Crippen molar-refractivity contribution in [3.05, 3.63) is 0 Å². The van der Waals surface area contributed by atoms with E-state index in [1.807, 2.05) is 13.3 Å². The zero-order chi connectivity index (χ0) is 9.61. The van der Waals surface area contributed by atoms with Crippen LogP contribution in [0.5, 0.6) is 0 Å². The highest BCUT2D eigenvalue weighted by molar-refractivity contribution is 5.45. The summed E-state index contributed by atoms with van der Waals surface area (Å²) >= 11 is 0. The summed E-state index contributed by atoms with van der Waals surface area (Å²) < 4.78 is 0.722. The van der Waals surface area contributed by atoms with Crippen molar-refractivity contribution in [2.24, 2.45) is 0 Å². The van der Waals surface area contributed by atoms with Crippen molar-refractivity contribution in [2.75, 3.05) is 26.2 Å². The van der Waals surface area contributed by atoms with E-state index >= 15 is 0 Å². The van der Waals surface area contributed by atoms with Crippen molar-refractivity contribution in [1.29, 1.82) is 0 Å². The van der Waals surface area contributed by atoms with Gasteiger partial charge in [0.05, 0.1) is 26.2 Å². The number of hydrogen-bond donors (Lipinski definition) is 0. The van der Waals surface area contributed by atoms with Gasteiger partial charge in [-0.1, -0.05) is 0 Å². The van der Waals surface area contributed by atoms with Gasteiger partial charge in [-0.3, -0.25) is 4.79 Å². The van der Waals surface area contributed by atoms with Crippen molar-refractivity contribution in [3.63, 3.8) is 0 Å². The van der Waals surface area contributed by atoms with Crippen LogP contribution in [0.1, 0.15) is 27.7 Å². The van der Waals surface area contributed by atoms with Crippen LogP contribution in [0.25, 0.3) is 0 Å². The van der Waals surface area contributed by atoms with Crippen LogP contribution in [0.15, 0.2) is 0 Å². The minimum atomic E-state index is 0.722. The molecule has 1 radical (unpaired) electrons. The molecule has 0 aliphatic carbocycles. The molecule has 0 spiro atoms. The van der Waals surface area contributed by atoms with Crippen LogP contribution >= 0.6 is 0 Å². The third-order valence-corrected chi connectivity index (χ3v) is 2.68. The molecule has 0 aliphatic rings. The zero-order valence-electron chi connectivity index (χ0n) is 8.63. The molecule has 0 saturated heterocycles. The first kappa shape index (κ1) is 11.4. The van der Waals surface area contributed by atoms with Crippen LogP contribution < -0.4 is 0 Å². The fourth-order valence-electron chi connectivity index (χ4n) is 1.63. The van der Waals surface area contributed by atoms with E-state index in [2.05, 4.69) is 20.8 Å². The molecule has 0 saturated carbocycles. The predicted molar refractivity (Wildman–Crippen MR) is 50.0 cm³/mol. The fraction of sp³-hybridized carbons (Fsp3) is 0.889. The molecular weight excluding hydrogens is 152 g/mol. The number of rotatable bonds is 6. The molecule has 0 fully saturated rings. The highest BCUT2D eigenvalue weighted by Gasteiger charge is 2.28. The lowest BCUT2D eigenvalue weighted by Gasteiger charge is -2.40. The van der Waals surface area contributed by atoms with Gasteiger partial charge in [0.1, 0.15) is 0 Å². The Balaban J connectivity index is 4.53. The van der Waals surface area contributed by atoms with Crippen molar-refractivity contribution in [3.8, 4) is 0 Å². The molecule has 0 rings (SSSR count). The fourth-order valence-corrected chi connectivity index (χ4v) is 1.63.